The molecule has 3 nitrogen and oxygen atoms in total. The number of aliphatic hydroxyl groups excluding tert-OH is 1. The second-order valence-electron chi connectivity index (χ2n) is 9.20. The summed E-state index contributed by atoms with van der Waals surface area (Å²) in [7, 11) is 0. The van der Waals surface area contributed by atoms with E-state index in [1.54, 1.807) is 0 Å². The van der Waals surface area contributed by atoms with E-state index in [0.717, 1.165) is 26.1 Å². The molecule has 0 spiro atoms. The summed E-state index contributed by atoms with van der Waals surface area (Å²) < 4.78 is 1.30. The van der Waals surface area contributed by atoms with Gasteiger partial charge in [0.15, 0.2) is 0 Å². The third-order valence-electron chi connectivity index (χ3n) is 7.37. The topological polar surface area (TPSA) is 26.7 Å². The highest BCUT2D eigenvalue weighted by atomic mass is 127. The van der Waals surface area contributed by atoms with Gasteiger partial charge < -0.3 is 5.11 Å². The fourth-order valence-electron chi connectivity index (χ4n) is 6.07. The third kappa shape index (κ3) is 4.27. The molecule has 1 N–H and O–H groups in total. The molecular weight excluding hydrogens is 471 g/mol. The van der Waals surface area contributed by atoms with Crippen LogP contribution in [0.4, 0.5) is 0 Å². The van der Waals surface area contributed by atoms with E-state index in [2.05, 4.69) is 87.0 Å². The first-order valence-corrected chi connectivity index (χ1v) is 12.2. The second kappa shape index (κ2) is 8.66. The van der Waals surface area contributed by atoms with E-state index in [1.807, 2.05) is 0 Å². The molecule has 154 valence electrons. The fraction of sp³-hybridized carbons (Fsp3) is 0.520. The van der Waals surface area contributed by atoms with Crippen molar-refractivity contribution in [3.63, 3.8) is 0 Å². The minimum absolute atomic E-state index is 0.182. The molecule has 0 amide bonds. The molecule has 3 fully saturated rings. The van der Waals surface area contributed by atoms with E-state index in [1.165, 1.54) is 40.4 Å². The summed E-state index contributed by atoms with van der Waals surface area (Å²) in [5, 5.41) is 10.9. The van der Waals surface area contributed by atoms with E-state index in [0.29, 0.717) is 24.0 Å². The Bertz CT molecular complexity index is 815. The van der Waals surface area contributed by atoms with Crippen molar-refractivity contribution in [2.24, 2.45) is 0 Å². The Labute approximate surface area is 188 Å². The second-order valence-corrected chi connectivity index (χ2v) is 10.4. The van der Waals surface area contributed by atoms with Crippen LogP contribution in [-0.4, -0.2) is 52.2 Å². The molecule has 3 saturated heterocycles. The van der Waals surface area contributed by atoms with Crippen LogP contribution >= 0.6 is 22.6 Å². The quantitative estimate of drug-likeness (QED) is 0.618. The van der Waals surface area contributed by atoms with Gasteiger partial charge in [-0.1, -0.05) is 42.5 Å². The van der Waals surface area contributed by atoms with Crippen LogP contribution < -0.4 is 0 Å². The van der Waals surface area contributed by atoms with Crippen LogP contribution in [0.2, 0.25) is 0 Å². The normalized spacial score (nSPS) is 33.1. The van der Waals surface area contributed by atoms with Crippen molar-refractivity contribution in [2.45, 2.75) is 68.8 Å². The Morgan fingerprint density at radius 3 is 2.41 bits per heavy atom. The number of nitrogens with zero attached hydrogens (tertiary/aromatic N) is 2. The molecule has 0 aliphatic carbocycles. The molecule has 2 unspecified atom stereocenters. The first-order valence-electron chi connectivity index (χ1n) is 11.1. The van der Waals surface area contributed by atoms with Crippen LogP contribution in [0.5, 0.6) is 0 Å². The van der Waals surface area contributed by atoms with Crippen LogP contribution in [0, 0.1) is 3.57 Å². The van der Waals surface area contributed by atoms with Crippen molar-refractivity contribution in [3.8, 4) is 0 Å². The van der Waals surface area contributed by atoms with Gasteiger partial charge in [0.25, 0.3) is 0 Å². The zero-order chi connectivity index (χ0) is 19.8. The first kappa shape index (κ1) is 20.0. The molecule has 3 aliphatic rings. The average Bonchev–Trinajstić information content (AvgIpc) is 2.99. The standard InChI is InChI=1S/C25H31IN2O/c26-21-8-4-5-18(13-21)16-27-12-11-25(29)24(17-27)28-22-9-10-23(28)15-20(14-22)19-6-2-1-3-7-19/h1-8,13,20,22-25,29H,9-12,14-17H2/t20?,22?,23?,24-,25-/m1/s1. The average molecular weight is 502 g/mol. The molecule has 0 saturated carbocycles. The highest BCUT2D eigenvalue weighted by molar-refractivity contribution is 14.1. The summed E-state index contributed by atoms with van der Waals surface area (Å²) in [5.41, 5.74) is 2.89. The van der Waals surface area contributed by atoms with Crippen molar-refractivity contribution in [1.29, 1.82) is 0 Å². The van der Waals surface area contributed by atoms with Crippen LogP contribution in [0.25, 0.3) is 0 Å². The molecule has 2 bridgehead atoms. The summed E-state index contributed by atoms with van der Waals surface area (Å²) in [5.74, 6) is 0.688. The number of hydrogen-bond acceptors (Lipinski definition) is 3. The lowest BCUT2D eigenvalue weighted by Crippen LogP contribution is -2.59. The van der Waals surface area contributed by atoms with E-state index in [9.17, 15) is 5.11 Å². The number of piperidine rings is 2. The maximum absolute atomic E-state index is 10.9. The van der Waals surface area contributed by atoms with Gasteiger partial charge in [-0.25, -0.2) is 0 Å². The lowest BCUT2D eigenvalue weighted by molar-refractivity contribution is -0.0476. The minimum atomic E-state index is -0.182. The lowest BCUT2D eigenvalue weighted by Gasteiger charge is -2.48. The Morgan fingerprint density at radius 1 is 0.931 bits per heavy atom. The predicted octanol–water partition coefficient (Wildman–Crippen LogP) is 4.64. The zero-order valence-corrected chi connectivity index (χ0v) is 19.1. The van der Waals surface area contributed by atoms with Gasteiger partial charge in [-0.3, -0.25) is 9.80 Å². The zero-order valence-electron chi connectivity index (χ0n) is 17.0. The van der Waals surface area contributed by atoms with Gasteiger partial charge in [0.05, 0.1) is 6.10 Å². The van der Waals surface area contributed by atoms with Gasteiger partial charge in [-0.05, 0) is 83.9 Å². The van der Waals surface area contributed by atoms with E-state index in [4.69, 9.17) is 0 Å². The Morgan fingerprint density at radius 2 is 1.69 bits per heavy atom. The Hall–Kier alpha value is -0.950. The number of halogens is 1. The number of benzene rings is 2. The summed E-state index contributed by atoms with van der Waals surface area (Å²) in [6.45, 7) is 2.99. The smallest absolute Gasteiger partial charge is 0.0720 e. The number of likely N-dealkylation sites (tertiary alicyclic amines) is 1. The van der Waals surface area contributed by atoms with E-state index >= 15 is 0 Å². The number of fused-ring (bicyclic) bond motifs is 2. The van der Waals surface area contributed by atoms with Gasteiger partial charge in [0.1, 0.15) is 0 Å². The van der Waals surface area contributed by atoms with Gasteiger partial charge in [0, 0.05) is 41.3 Å². The first-order chi connectivity index (χ1) is 14.2. The van der Waals surface area contributed by atoms with Crippen LogP contribution in [0.15, 0.2) is 54.6 Å². The molecule has 0 radical (unpaired) electrons. The van der Waals surface area contributed by atoms with Crippen LogP contribution in [0.1, 0.15) is 49.1 Å². The van der Waals surface area contributed by atoms with Gasteiger partial charge in [-0.15, -0.1) is 0 Å². The number of hydrogen-bond donors (Lipinski definition) is 1. The molecule has 29 heavy (non-hydrogen) atoms. The van der Waals surface area contributed by atoms with Crippen molar-refractivity contribution in [3.05, 3.63) is 69.3 Å². The van der Waals surface area contributed by atoms with E-state index < -0.39 is 0 Å². The summed E-state index contributed by atoms with van der Waals surface area (Å²) in [6.07, 6.45) is 5.81. The maximum Gasteiger partial charge on any atom is 0.0720 e. The summed E-state index contributed by atoms with van der Waals surface area (Å²) in [6, 6.07) is 21.5. The van der Waals surface area contributed by atoms with Crippen molar-refractivity contribution < 1.29 is 5.11 Å². The van der Waals surface area contributed by atoms with Crippen molar-refractivity contribution in [1.82, 2.24) is 9.80 Å². The van der Waals surface area contributed by atoms with Crippen LogP contribution in [-0.2, 0) is 6.54 Å². The lowest BCUT2D eigenvalue weighted by atomic mass is 9.83. The summed E-state index contributed by atoms with van der Waals surface area (Å²) in [4.78, 5) is 5.30. The SMILES string of the molecule is O[C@@H]1CCN(Cc2cccc(I)c2)C[C@H]1N1C2CCC1CC(c1ccccc1)C2. The summed E-state index contributed by atoms with van der Waals surface area (Å²) >= 11 is 2.40. The molecule has 2 aromatic carbocycles. The third-order valence-corrected chi connectivity index (χ3v) is 8.04. The molecule has 4 heteroatoms. The molecule has 3 aliphatic heterocycles. The van der Waals surface area contributed by atoms with Crippen LogP contribution in [0.3, 0.4) is 0 Å². The van der Waals surface area contributed by atoms with Gasteiger partial charge in [-0.2, -0.15) is 0 Å². The Balaban J connectivity index is 1.28. The highest BCUT2D eigenvalue weighted by Gasteiger charge is 2.47. The number of rotatable bonds is 4. The highest BCUT2D eigenvalue weighted by Crippen LogP contribution is 2.45. The van der Waals surface area contributed by atoms with Gasteiger partial charge >= 0.3 is 0 Å². The molecule has 2 aromatic rings. The maximum atomic E-state index is 10.9. The number of aliphatic hydroxyl groups is 1. The fourth-order valence-corrected chi connectivity index (χ4v) is 6.67. The minimum Gasteiger partial charge on any atom is -0.391 e. The molecule has 5 rings (SSSR count). The molecule has 4 atom stereocenters. The molecule has 3 heterocycles. The van der Waals surface area contributed by atoms with Crippen molar-refractivity contribution >= 4 is 22.6 Å². The largest absolute Gasteiger partial charge is 0.391 e. The van der Waals surface area contributed by atoms with Crippen molar-refractivity contribution in [2.75, 3.05) is 13.1 Å². The monoisotopic (exact) mass is 502 g/mol. The predicted molar refractivity (Wildman–Crippen MR) is 126 cm³/mol. The van der Waals surface area contributed by atoms with Gasteiger partial charge in [0.2, 0.25) is 0 Å². The molecule has 0 aromatic heterocycles. The molecular formula is C25H31IN2O. The Kier molecular flexibility index (Phi) is 5.96. The van der Waals surface area contributed by atoms with E-state index in [-0.39, 0.29) is 6.10 Å².